The number of pyridine rings is 1. The number of nitrogens with zero attached hydrogens (tertiary/aromatic N) is 6. The number of likely N-dealkylation sites (tertiary alicyclic amines) is 1. The Kier molecular flexibility index (Phi) is 4.50. The maximum absolute atomic E-state index is 11.5. The molecule has 0 spiro atoms. The molecule has 25 heavy (non-hydrogen) atoms. The number of hydrogen-bond acceptors (Lipinski definition) is 6. The summed E-state index contributed by atoms with van der Waals surface area (Å²) in [6.45, 7) is 7.23. The molecule has 0 amide bonds. The first-order chi connectivity index (χ1) is 12.2. The van der Waals surface area contributed by atoms with Gasteiger partial charge < -0.3 is 9.47 Å². The standard InChI is InChI=1S/C18H24N6O/c1-21-11-15(3-4-17(21)25)12-22-13-16(14-22)23-7-9-24(10-8-23)18-19-5-2-6-20-18/h2-6,11,16H,7-10,12-14H2,1H3. The van der Waals surface area contributed by atoms with Crippen LogP contribution in [0.15, 0.2) is 41.6 Å². The zero-order chi connectivity index (χ0) is 17.2. The van der Waals surface area contributed by atoms with Crippen LogP contribution in [0.3, 0.4) is 0 Å². The van der Waals surface area contributed by atoms with Gasteiger partial charge in [0.1, 0.15) is 0 Å². The molecule has 0 unspecified atom stereocenters. The summed E-state index contributed by atoms with van der Waals surface area (Å²) in [5.74, 6) is 0.840. The van der Waals surface area contributed by atoms with Gasteiger partial charge in [0.15, 0.2) is 0 Å². The summed E-state index contributed by atoms with van der Waals surface area (Å²) in [5.41, 5.74) is 1.25. The SMILES string of the molecule is Cn1cc(CN2CC(N3CCN(c4ncccn4)CC3)C2)ccc1=O. The van der Waals surface area contributed by atoms with Gasteiger partial charge in [-0.1, -0.05) is 6.07 Å². The molecule has 2 aromatic heterocycles. The fourth-order valence-corrected chi connectivity index (χ4v) is 3.65. The molecule has 0 N–H and O–H groups in total. The molecular formula is C18H24N6O. The molecule has 7 heteroatoms. The lowest BCUT2D eigenvalue weighted by Gasteiger charge is -2.48. The van der Waals surface area contributed by atoms with Crippen molar-refractivity contribution in [2.24, 2.45) is 7.05 Å². The second-order valence-electron chi connectivity index (χ2n) is 6.91. The van der Waals surface area contributed by atoms with E-state index in [1.807, 2.05) is 18.3 Å². The molecule has 0 saturated carbocycles. The minimum Gasteiger partial charge on any atom is -0.338 e. The molecule has 2 aromatic rings. The Hall–Kier alpha value is -2.25. The van der Waals surface area contributed by atoms with E-state index in [0.29, 0.717) is 6.04 Å². The Morgan fingerprint density at radius 2 is 1.80 bits per heavy atom. The van der Waals surface area contributed by atoms with E-state index in [1.54, 1.807) is 30.1 Å². The topological polar surface area (TPSA) is 57.5 Å². The summed E-state index contributed by atoms with van der Waals surface area (Å²) in [6.07, 6.45) is 5.55. The molecule has 0 aromatic carbocycles. The molecule has 0 aliphatic carbocycles. The Morgan fingerprint density at radius 1 is 1.08 bits per heavy atom. The van der Waals surface area contributed by atoms with E-state index in [1.165, 1.54) is 5.56 Å². The van der Waals surface area contributed by atoms with Crippen LogP contribution in [0.1, 0.15) is 5.56 Å². The lowest BCUT2D eigenvalue weighted by Crippen LogP contribution is -2.62. The Morgan fingerprint density at radius 3 is 2.48 bits per heavy atom. The average molecular weight is 340 g/mol. The molecule has 0 radical (unpaired) electrons. The molecule has 2 saturated heterocycles. The Bertz CT molecular complexity index is 763. The molecule has 0 atom stereocenters. The van der Waals surface area contributed by atoms with Crippen molar-refractivity contribution in [2.45, 2.75) is 12.6 Å². The van der Waals surface area contributed by atoms with E-state index in [0.717, 1.165) is 51.8 Å². The quantitative estimate of drug-likeness (QED) is 0.792. The van der Waals surface area contributed by atoms with Gasteiger partial charge in [0, 0.05) is 83.6 Å². The minimum atomic E-state index is 0.0468. The second-order valence-corrected chi connectivity index (χ2v) is 6.91. The van der Waals surface area contributed by atoms with E-state index < -0.39 is 0 Å². The fourth-order valence-electron chi connectivity index (χ4n) is 3.65. The van der Waals surface area contributed by atoms with Gasteiger partial charge in [0.05, 0.1) is 0 Å². The third-order valence-corrected chi connectivity index (χ3v) is 5.16. The van der Waals surface area contributed by atoms with Crippen molar-refractivity contribution in [1.82, 2.24) is 24.3 Å². The maximum Gasteiger partial charge on any atom is 0.250 e. The fraction of sp³-hybridized carbons (Fsp3) is 0.500. The Balaban J connectivity index is 1.25. The number of aromatic nitrogens is 3. The summed E-state index contributed by atoms with van der Waals surface area (Å²) in [4.78, 5) is 27.4. The highest BCUT2D eigenvalue weighted by Crippen LogP contribution is 2.20. The van der Waals surface area contributed by atoms with Gasteiger partial charge >= 0.3 is 0 Å². The maximum atomic E-state index is 11.5. The van der Waals surface area contributed by atoms with E-state index in [2.05, 4.69) is 24.7 Å². The molecule has 4 heterocycles. The van der Waals surface area contributed by atoms with Crippen molar-refractivity contribution in [2.75, 3.05) is 44.2 Å². The highest BCUT2D eigenvalue weighted by atomic mass is 16.1. The molecule has 4 rings (SSSR count). The summed E-state index contributed by atoms with van der Waals surface area (Å²) in [7, 11) is 1.81. The third-order valence-electron chi connectivity index (χ3n) is 5.16. The lowest BCUT2D eigenvalue weighted by atomic mass is 10.0. The van der Waals surface area contributed by atoms with Crippen molar-refractivity contribution in [3.8, 4) is 0 Å². The van der Waals surface area contributed by atoms with Crippen LogP contribution in [0.4, 0.5) is 5.95 Å². The lowest BCUT2D eigenvalue weighted by molar-refractivity contribution is 0.0254. The van der Waals surface area contributed by atoms with Crippen molar-refractivity contribution in [3.05, 3.63) is 52.7 Å². The summed E-state index contributed by atoms with van der Waals surface area (Å²) in [6, 6.07) is 6.09. The van der Waals surface area contributed by atoms with Crippen LogP contribution < -0.4 is 10.5 Å². The van der Waals surface area contributed by atoms with Gasteiger partial charge in [0.25, 0.3) is 0 Å². The van der Waals surface area contributed by atoms with Gasteiger partial charge in [-0.25, -0.2) is 9.97 Å². The number of rotatable bonds is 4. The van der Waals surface area contributed by atoms with Gasteiger partial charge in [-0.2, -0.15) is 0 Å². The summed E-state index contributed by atoms with van der Waals surface area (Å²) >= 11 is 0. The first-order valence-corrected chi connectivity index (χ1v) is 8.83. The van der Waals surface area contributed by atoms with Gasteiger partial charge in [0.2, 0.25) is 11.5 Å². The Labute approximate surface area is 147 Å². The first kappa shape index (κ1) is 16.2. The smallest absolute Gasteiger partial charge is 0.250 e. The largest absolute Gasteiger partial charge is 0.338 e. The predicted octanol–water partition coefficient (Wildman–Crippen LogP) is 0.182. The van der Waals surface area contributed by atoms with Crippen LogP contribution in [0, 0.1) is 0 Å². The molecule has 0 bridgehead atoms. The normalized spacial score (nSPS) is 19.8. The van der Waals surface area contributed by atoms with Crippen LogP contribution >= 0.6 is 0 Å². The van der Waals surface area contributed by atoms with Crippen molar-refractivity contribution >= 4 is 5.95 Å². The van der Waals surface area contributed by atoms with Crippen molar-refractivity contribution in [3.63, 3.8) is 0 Å². The van der Waals surface area contributed by atoms with Crippen molar-refractivity contribution in [1.29, 1.82) is 0 Å². The predicted molar refractivity (Wildman–Crippen MR) is 96.6 cm³/mol. The third kappa shape index (κ3) is 3.57. The highest BCUT2D eigenvalue weighted by Gasteiger charge is 2.33. The summed E-state index contributed by atoms with van der Waals surface area (Å²) < 4.78 is 1.65. The zero-order valence-electron chi connectivity index (χ0n) is 14.6. The second kappa shape index (κ2) is 6.93. The minimum absolute atomic E-state index is 0.0468. The molecule has 2 aliphatic heterocycles. The van der Waals surface area contributed by atoms with Crippen LogP contribution in [-0.2, 0) is 13.6 Å². The highest BCUT2D eigenvalue weighted by molar-refractivity contribution is 5.29. The number of aryl methyl sites for hydroxylation is 1. The number of hydrogen-bond donors (Lipinski definition) is 0. The molecule has 2 aliphatic rings. The van der Waals surface area contributed by atoms with Gasteiger partial charge in [-0.05, 0) is 11.6 Å². The first-order valence-electron chi connectivity index (χ1n) is 8.83. The van der Waals surface area contributed by atoms with Gasteiger partial charge in [-0.15, -0.1) is 0 Å². The monoisotopic (exact) mass is 340 g/mol. The van der Waals surface area contributed by atoms with Crippen LogP contribution in [0.2, 0.25) is 0 Å². The van der Waals surface area contributed by atoms with Gasteiger partial charge in [-0.3, -0.25) is 14.6 Å². The number of piperazine rings is 1. The summed E-state index contributed by atoms with van der Waals surface area (Å²) in [5, 5.41) is 0. The van der Waals surface area contributed by atoms with E-state index in [4.69, 9.17) is 0 Å². The van der Waals surface area contributed by atoms with E-state index in [9.17, 15) is 4.79 Å². The van der Waals surface area contributed by atoms with E-state index >= 15 is 0 Å². The molecule has 7 nitrogen and oxygen atoms in total. The van der Waals surface area contributed by atoms with E-state index in [-0.39, 0.29) is 5.56 Å². The van der Waals surface area contributed by atoms with Crippen molar-refractivity contribution < 1.29 is 0 Å². The van der Waals surface area contributed by atoms with Crippen LogP contribution in [0.5, 0.6) is 0 Å². The average Bonchev–Trinajstić information content (AvgIpc) is 2.62. The van der Waals surface area contributed by atoms with Crippen LogP contribution in [0.25, 0.3) is 0 Å². The molecule has 2 fully saturated rings. The molecular weight excluding hydrogens is 316 g/mol. The molecule has 132 valence electrons. The zero-order valence-corrected chi connectivity index (χ0v) is 14.6. The van der Waals surface area contributed by atoms with Crippen LogP contribution in [-0.4, -0.2) is 69.6 Å². The number of anilines is 1.